The van der Waals surface area contributed by atoms with Crippen molar-refractivity contribution in [3.05, 3.63) is 50.6 Å². The summed E-state index contributed by atoms with van der Waals surface area (Å²) >= 11 is 1.53. The second-order valence-corrected chi connectivity index (χ2v) is 3.58. The van der Waals surface area contributed by atoms with Crippen LogP contribution in [0, 0.1) is 5.82 Å². The minimum Gasteiger partial charge on any atom is -0.311 e. The molecule has 2 aromatic rings. The van der Waals surface area contributed by atoms with Crippen molar-refractivity contribution in [2.75, 3.05) is 0 Å². The van der Waals surface area contributed by atoms with Gasteiger partial charge in [-0.2, -0.15) is 15.7 Å². The number of thiophene rings is 1. The number of hydrogen-bond acceptors (Lipinski definition) is 3. The van der Waals surface area contributed by atoms with Gasteiger partial charge >= 0.3 is 0 Å². The molecule has 14 heavy (non-hydrogen) atoms. The Hall–Kier alpha value is -1.49. The summed E-state index contributed by atoms with van der Waals surface area (Å²) < 4.78 is 13.2. The molecule has 2 heterocycles. The molecular weight excluding hydrogens is 203 g/mol. The van der Waals surface area contributed by atoms with Crippen molar-refractivity contribution in [2.24, 2.45) is 0 Å². The van der Waals surface area contributed by atoms with Crippen molar-refractivity contribution >= 4 is 11.3 Å². The van der Waals surface area contributed by atoms with E-state index in [0.717, 1.165) is 5.56 Å². The summed E-state index contributed by atoms with van der Waals surface area (Å²) in [6.07, 6.45) is 1.58. The van der Waals surface area contributed by atoms with Crippen LogP contribution < -0.4 is 5.56 Å². The molecule has 0 aliphatic carbocycles. The molecule has 0 amide bonds. The molecule has 1 N–H and O–H groups in total. The highest BCUT2D eigenvalue weighted by atomic mass is 32.1. The summed E-state index contributed by atoms with van der Waals surface area (Å²) in [5, 5.41) is 3.81. The van der Waals surface area contributed by atoms with E-state index in [1.165, 1.54) is 17.7 Å². The molecule has 72 valence electrons. The predicted octanol–water partition coefficient (Wildman–Crippen LogP) is 1.56. The highest BCUT2D eigenvalue weighted by Gasteiger charge is 2.08. The third-order valence-electron chi connectivity index (χ3n) is 1.82. The van der Waals surface area contributed by atoms with Crippen LogP contribution in [-0.2, 0) is 6.42 Å². The number of nitrogens with zero attached hydrogens (tertiary/aromatic N) is 1. The van der Waals surface area contributed by atoms with E-state index in [2.05, 4.69) is 9.97 Å². The maximum Gasteiger partial charge on any atom is 0.287 e. The van der Waals surface area contributed by atoms with Crippen molar-refractivity contribution in [3.8, 4) is 0 Å². The van der Waals surface area contributed by atoms with Crippen LogP contribution >= 0.6 is 11.3 Å². The van der Waals surface area contributed by atoms with Gasteiger partial charge in [-0.1, -0.05) is 0 Å². The number of halogens is 1. The maximum absolute atomic E-state index is 13.2. The number of rotatable bonds is 2. The molecule has 0 radical (unpaired) electrons. The van der Waals surface area contributed by atoms with Gasteiger partial charge in [-0.15, -0.1) is 0 Å². The van der Waals surface area contributed by atoms with Crippen LogP contribution in [0.4, 0.5) is 4.39 Å². The fraction of sp³-hybridized carbons (Fsp3) is 0.111. The lowest BCUT2D eigenvalue weighted by Gasteiger charge is -1.97. The van der Waals surface area contributed by atoms with E-state index in [9.17, 15) is 9.18 Å². The van der Waals surface area contributed by atoms with Crippen molar-refractivity contribution in [1.29, 1.82) is 0 Å². The van der Waals surface area contributed by atoms with Gasteiger partial charge in [0.05, 0.1) is 12.0 Å². The molecule has 0 saturated heterocycles. The number of nitrogens with one attached hydrogen (secondary N) is 1. The van der Waals surface area contributed by atoms with Crippen molar-refractivity contribution in [1.82, 2.24) is 9.97 Å². The fourth-order valence-electron chi connectivity index (χ4n) is 1.13. The van der Waals surface area contributed by atoms with Crippen molar-refractivity contribution in [3.63, 3.8) is 0 Å². The zero-order chi connectivity index (χ0) is 9.97. The van der Waals surface area contributed by atoms with E-state index in [4.69, 9.17) is 0 Å². The first-order valence-electron chi connectivity index (χ1n) is 4.00. The number of H-pyrrole nitrogens is 1. The standard InChI is InChI=1S/C9H7FN2OS/c10-8-7(11-5-12-9(8)13)3-6-1-2-14-4-6/h1-2,4-5H,3H2,(H,11,12,13). The van der Waals surface area contributed by atoms with E-state index in [1.807, 2.05) is 16.8 Å². The summed E-state index contributed by atoms with van der Waals surface area (Å²) in [5.41, 5.74) is 0.435. The minimum atomic E-state index is -0.793. The summed E-state index contributed by atoms with van der Waals surface area (Å²) in [6.45, 7) is 0. The van der Waals surface area contributed by atoms with E-state index in [0.29, 0.717) is 6.42 Å². The highest BCUT2D eigenvalue weighted by molar-refractivity contribution is 7.07. The minimum absolute atomic E-state index is 0.187. The van der Waals surface area contributed by atoms with Gasteiger partial charge in [0.15, 0.2) is 0 Å². The zero-order valence-electron chi connectivity index (χ0n) is 7.16. The van der Waals surface area contributed by atoms with Gasteiger partial charge in [-0.25, -0.2) is 4.98 Å². The zero-order valence-corrected chi connectivity index (χ0v) is 7.97. The highest BCUT2D eigenvalue weighted by Crippen LogP contribution is 2.11. The molecule has 0 saturated carbocycles. The maximum atomic E-state index is 13.2. The lowest BCUT2D eigenvalue weighted by atomic mass is 10.2. The van der Waals surface area contributed by atoms with Crippen LogP contribution in [0.2, 0.25) is 0 Å². The van der Waals surface area contributed by atoms with Crippen molar-refractivity contribution in [2.45, 2.75) is 6.42 Å². The second-order valence-electron chi connectivity index (χ2n) is 2.80. The first-order chi connectivity index (χ1) is 6.77. The topological polar surface area (TPSA) is 45.8 Å². The normalized spacial score (nSPS) is 10.4. The fourth-order valence-corrected chi connectivity index (χ4v) is 1.80. The molecular formula is C9H7FN2OS. The average molecular weight is 210 g/mol. The molecule has 0 unspecified atom stereocenters. The lowest BCUT2D eigenvalue weighted by molar-refractivity contribution is 0.582. The lowest BCUT2D eigenvalue weighted by Crippen LogP contribution is -2.14. The first-order valence-corrected chi connectivity index (χ1v) is 4.95. The summed E-state index contributed by atoms with van der Waals surface area (Å²) in [4.78, 5) is 16.9. The number of aromatic amines is 1. The Labute approximate surface area is 83.3 Å². The SMILES string of the molecule is O=c1[nH]cnc(Cc2ccsc2)c1F. The number of hydrogen-bond donors (Lipinski definition) is 1. The molecule has 0 bridgehead atoms. The van der Waals surface area contributed by atoms with Crippen molar-refractivity contribution < 1.29 is 4.39 Å². The van der Waals surface area contributed by atoms with Gasteiger partial charge < -0.3 is 4.98 Å². The molecule has 2 aromatic heterocycles. The third-order valence-corrected chi connectivity index (χ3v) is 2.55. The molecule has 3 nitrogen and oxygen atoms in total. The van der Waals surface area contributed by atoms with E-state index < -0.39 is 11.4 Å². The van der Waals surface area contributed by atoms with Gasteiger partial charge in [0.2, 0.25) is 5.82 Å². The van der Waals surface area contributed by atoms with Crippen LogP contribution in [0.3, 0.4) is 0 Å². The Morgan fingerprint density at radius 1 is 1.57 bits per heavy atom. The first kappa shape index (κ1) is 9.08. The van der Waals surface area contributed by atoms with Crippen LogP contribution in [0.25, 0.3) is 0 Å². The van der Waals surface area contributed by atoms with Gasteiger partial charge in [0.25, 0.3) is 5.56 Å². The Morgan fingerprint density at radius 3 is 3.14 bits per heavy atom. The molecule has 0 spiro atoms. The van der Waals surface area contributed by atoms with E-state index in [1.54, 1.807) is 0 Å². The molecule has 0 aliphatic rings. The molecule has 2 rings (SSSR count). The smallest absolute Gasteiger partial charge is 0.287 e. The van der Waals surface area contributed by atoms with Gasteiger partial charge in [0.1, 0.15) is 0 Å². The third kappa shape index (κ3) is 1.72. The van der Waals surface area contributed by atoms with E-state index in [-0.39, 0.29) is 5.69 Å². The van der Waals surface area contributed by atoms with Crippen LogP contribution in [0.5, 0.6) is 0 Å². The van der Waals surface area contributed by atoms with Crippen LogP contribution in [0.1, 0.15) is 11.3 Å². The molecule has 0 aromatic carbocycles. The number of aromatic nitrogens is 2. The molecule has 5 heteroatoms. The van der Waals surface area contributed by atoms with Crippen LogP contribution in [-0.4, -0.2) is 9.97 Å². The largest absolute Gasteiger partial charge is 0.311 e. The Balaban J connectivity index is 2.34. The Kier molecular flexibility index (Phi) is 2.41. The predicted molar refractivity (Wildman–Crippen MR) is 51.9 cm³/mol. The molecule has 0 aliphatic heterocycles. The Bertz CT molecular complexity index is 478. The second kappa shape index (κ2) is 3.71. The molecule has 0 atom stereocenters. The summed E-state index contributed by atoms with van der Waals surface area (Å²) in [7, 11) is 0. The van der Waals surface area contributed by atoms with Crippen LogP contribution in [0.15, 0.2) is 27.9 Å². The Morgan fingerprint density at radius 2 is 2.43 bits per heavy atom. The van der Waals surface area contributed by atoms with Gasteiger partial charge in [-0.05, 0) is 22.4 Å². The summed E-state index contributed by atoms with van der Waals surface area (Å²) in [6, 6.07) is 1.88. The van der Waals surface area contributed by atoms with Gasteiger partial charge in [0, 0.05) is 6.42 Å². The monoisotopic (exact) mass is 210 g/mol. The summed E-state index contributed by atoms with van der Waals surface area (Å²) in [5.74, 6) is -0.793. The van der Waals surface area contributed by atoms with Gasteiger partial charge in [-0.3, -0.25) is 4.79 Å². The molecule has 0 fully saturated rings. The average Bonchev–Trinajstić information content (AvgIpc) is 2.66. The quantitative estimate of drug-likeness (QED) is 0.817. The van der Waals surface area contributed by atoms with E-state index >= 15 is 0 Å².